The smallest absolute Gasteiger partial charge is 0.223 e. The Morgan fingerprint density at radius 2 is 2.08 bits per heavy atom. The molecule has 1 unspecified atom stereocenters. The molecule has 0 saturated carbocycles. The number of rotatable bonds is 5. The highest BCUT2D eigenvalue weighted by atomic mass is 16.5. The van der Waals surface area contributed by atoms with Crippen LogP contribution in [0, 0.1) is 11.8 Å². The molecule has 0 aliphatic carbocycles. The van der Waals surface area contributed by atoms with Crippen LogP contribution < -0.4 is 0 Å². The summed E-state index contributed by atoms with van der Waals surface area (Å²) in [6.07, 6.45) is 6.82. The summed E-state index contributed by atoms with van der Waals surface area (Å²) in [5, 5.41) is 6.64. The number of nitrogens with one attached hydrogen (secondary N) is 1. The number of ether oxygens (including phenoxy) is 1. The molecule has 4 rings (SSSR count). The van der Waals surface area contributed by atoms with Crippen LogP contribution in [-0.2, 0) is 16.0 Å². The minimum Gasteiger partial charge on any atom is -0.377 e. The van der Waals surface area contributed by atoms with Crippen molar-refractivity contribution in [1.29, 1.82) is 0 Å². The monoisotopic (exact) mass is 333 g/mol. The van der Waals surface area contributed by atoms with Crippen LogP contribution in [0.5, 0.6) is 0 Å². The van der Waals surface area contributed by atoms with Crippen molar-refractivity contribution in [3.8, 4) is 0 Å². The minimum atomic E-state index is 0.253. The predicted octanol–water partition coefficient (Wildman–Crippen LogP) is 0.697. The number of amides is 1. The maximum absolute atomic E-state index is 12.4. The number of likely N-dealkylation sites (tertiary alicyclic amines) is 2. The third-order valence-corrected chi connectivity index (χ3v) is 5.69. The fourth-order valence-electron chi connectivity index (χ4n) is 4.42. The molecule has 0 spiro atoms. The normalized spacial score (nSPS) is 30.7. The van der Waals surface area contributed by atoms with E-state index in [0.717, 1.165) is 45.2 Å². The number of aromatic nitrogens is 3. The Bertz CT molecular complexity index is 529. The summed E-state index contributed by atoms with van der Waals surface area (Å²) in [7, 11) is 0. The highest BCUT2D eigenvalue weighted by Crippen LogP contribution is 2.32. The van der Waals surface area contributed by atoms with Gasteiger partial charge in [0.05, 0.1) is 6.10 Å². The molecule has 3 fully saturated rings. The number of carbonyl (C=O) groups is 1. The first-order chi connectivity index (χ1) is 11.8. The third-order valence-electron chi connectivity index (χ3n) is 5.69. The van der Waals surface area contributed by atoms with E-state index in [4.69, 9.17) is 4.74 Å². The van der Waals surface area contributed by atoms with E-state index in [-0.39, 0.29) is 5.91 Å². The van der Waals surface area contributed by atoms with Gasteiger partial charge in [0.15, 0.2) is 0 Å². The number of carbonyl (C=O) groups excluding carboxylic acids is 1. The summed E-state index contributed by atoms with van der Waals surface area (Å²) in [6, 6.07) is 0. The lowest BCUT2D eigenvalue weighted by atomic mass is 10.0. The molecule has 1 aromatic rings. The maximum Gasteiger partial charge on any atom is 0.223 e. The number of aromatic amines is 1. The van der Waals surface area contributed by atoms with Crippen LogP contribution in [0.1, 0.15) is 31.5 Å². The highest BCUT2D eigenvalue weighted by molar-refractivity contribution is 5.76. The van der Waals surface area contributed by atoms with Crippen LogP contribution >= 0.6 is 0 Å². The Kier molecular flexibility index (Phi) is 4.80. The Labute approximate surface area is 142 Å². The van der Waals surface area contributed by atoms with Crippen LogP contribution in [0.2, 0.25) is 0 Å². The summed E-state index contributed by atoms with van der Waals surface area (Å²) >= 11 is 0. The largest absolute Gasteiger partial charge is 0.377 e. The second-order valence-corrected chi connectivity index (χ2v) is 7.46. The van der Waals surface area contributed by atoms with Gasteiger partial charge in [-0.05, 0) is 31.1 Å². The Balaban J connectivity index is 1.21. The van der Waals surface area contributed by atoms with Crippen molar-refractivity contribution in [2.24, 2.45) is 11.8 Å². The van der Waals surface area contributed by atoms with Crippen LogP contribution in [0.4, 0.5) is 0 Å². The molecule has 1 N–H and O–H groups in total. The molecule has 7 nitrogen and oxygen atoms in total. The zero-order valence-electron chi connectivity index (χ0n) is 14.2. The van der Waals surface area contributed by atoms with Crippen LogP contribution in [0.25, 0.3) is 0 Å². The van der Waals surface area contributed by atoms with E-state index < -0.39 is 0 Å². The Morgan fingerprint density at radius 3 is 2.75 bits per heavy atom. The van der Waals surface area contributed by atoms with Crippen LogP contribution in [0.3, 0.4) is 0 Å². The number of hydrogen-bond acceptors (Lipinski definition) is 5. The standard InChI is InChI=1S/C17H27N5O2/c23-17(5-4-16-18-12-19-20-16)22-9-13-7-21(8-14(13)10-22)11-15-3-1-2-6-24-15/h12-15H,1-11H2,(H,18,19,20)/t13-,14+,15?. The van der Waals surface area contributed by atoms with Gasteiger partial charge in [0, 0.05) is 52.2 Å². The number of H-pyrrole nitrogens is 1. The van der Waals surface area contributed by atoms with Crippen LogP contribution in [0.15, 0.2) is 6.33 Å². The van der Waals surface area contributed by atoms with Gasteiger partial charge in [0.1, 0.15) is 12.2 Å². The Morgan fingerprint density at radius 1 is 1.25 bits per heavy atom. The zero-order chi connectivity index (χ0) is 16.4. The van der Waals surface area contributed by atoms with Crippen molar-refractivity contribution in [2.45, 2.75) is 38.2 Å². The molecule has 0 radical (unpaired) electrons. The summed E-state index contributed by atoms with van der Waals surface area (Å²) < 4.78 is 5.87. The number of nitrogens with zero attached hydrogens (tertiary/aromatic N) is 4. The predicted molar refractivity (Wildman–Crippen MR) is 88.3 cm³/mol. The molecular formula is C17H27N5O2. The van der Waals surface area contributed by atoms with Gasteiger partial charge in [-0.25, -0.2) is 4.98 Å². The molecule has 1 amide bonds. The Hall–Kier alpha value is -1.47. The lowest BCUT2D eigenvalue weighted by Gasteiger charge is -2.28. The first-order valence-electron chi connectivity index (χ1n) is 9.24. The summed E-state index contributed by atoms with van der Waals surface area (Å²) in [6.45, 7) is 6.09. The fourth-order valence-corrected chi connectivity index (χ4v) is 4.42. The van der Waals surface area contributed by atoms with E-state index in [1.54, 1.807) is 0 Å². The second-order valence-electron chi connectivity index (χ2n) is 7.46. The first kappa shape index (κ1) is 16.0. The van der Waals surface area contributed by atoms with E-state index in [2.05, 4.69) is 25.0 Å². The van der Waals surface area contributed by atoms with Gasteiger partial charge in [-0.2, -0.15) is 5.10 Å². The van der Waals surface area contributed by atoms with Crippen molar-refractivity contribution in [1.82, 2.24) is 25.0 Å². The van der Waals surface area contributed by atoms with Gasteiger partial charge in [-0.15, -0.1) is 0 Å². The van der Waals surface area contributed by atoms with Gasteiger partial charge in [-0.1, -0.05) is 0 Å². The van der Waals surface area contributed by atoms with Crippen molar-refractivity contribution in [3.63, 3.8) is 0 Å². The number of hydrogen-bond donors (Lipinski definition) is 1. The van der Waals surface area contributed by atoms with E-state index >= 15 is 0 Å². The van der Waals surface area contributed by atoms with Crippen molar-refractivity contribution < 1.29 is 9.53 Å². The molecule has 3 atom stereocenters. The maximum atomic E-state index is 12.4. The van der Waals surface area contributed by atoms with E-state index in [0.29, 0.717) is 30.8 Å². The van der Waals surface area contributed by atoms with E-state index in [9.17, 15) is 4.79 Å². The topological polar surface area (TPSA) is 74.4 Å². The molecule has 3 aliphatic heterocycles. The SMILES string of the molecule is O=C(CCc1ncn[nH]1)N1C[C@H]2CN(CC3CCCCO3)C[C@H]2C1. The molecule has 7 heteroatoms. The average molecular weight is 333 g/mol. The van der Waals surface area contributed by atoms with Gasteiger partial charge in [-0.3, -0.25) is 9.89 Å². The lowest BCUT2D eigenvalue weighted by molar-refractivity contribution is -0.130. The molecule has 3 saturated heterocycles. The molecule has 0 aromatic carbocycles. The zero-order valence-corrected chi connectivity index (χ0v) is 14.2. The summed E-state index contributed by atoms with van der Waals surface area (Å²) in [5.74, 6) is 2.33. The summed E-state index contributed by atoms with van der Waals surface area (Å²) in [5.41, 5.74) is 0. The lowest BCUT2D eigenvalue weighted by Crippen LogP contribution is -2.37. The van der Waals surface area contributed by atoms with Crippen molar-refractivity contribution >= 4 is 5.91 Å². The summed E-state index contributed by atoms with van der Waals surface area (Å²) in [4.78, 5) is 21.1. The minimum absolute atomic E-state index is 0.253. The molecule has 132 valence electrons. The average Bonchev–Trinajstić information content (AvgIpc) is 3.29. The van der Waals surface area contributed by atoms with Gasteiger partial charge < -0.3 is 14.5 Å². The van der Waals surface area contributed by atoms with Crippen LogP contribution in [-0.4, -0.2) is 76.3 Å². The number of fused-ring (bicyclic) bond motifs is 1. The van der Waals surface area contributed by atoms with Crippen molar-refractivity contribution in [2.75, 3.05) is 39.3 Å². The van der Waals surface area contributed by atoms with Gasteiger partial charge in [0.2, 0.25) is 5.91 Å². The highest BCUT2D eigenvalue weighted by Gasteiger charge is 2.41. The van der Waals surface area contributed by atoms with Gasteiger partial charge in [0.25, 0.3) is 0 Å². The number of aryl methyl sites for hydroxylation is 1. The molecular weight excluding hydrogens is 306 g/mol. The second kappa shape index (κ2) is 7.19. The molecule has 1 aromatic heterocycles. The first-order valence-corrected chi connectivity index (χ1v) is 9.24. The quantitative estimate of drug-likeness (QED) is 0.858. The van der Waals surface area contributed by atoms with Crippen molar-refractivity contribution in [3.05, 3.63) is 12.2 Å². The molecule has 3 aliphatic rings. The van der Waals surface area contributed by atoms with E-state index in [1.807, 2.05) is 0 Å². The third kappa shape index (κ3) is 3.62. The van der Waals surface area contributed by atoms with E-state index in [1.165, 1.54) is 25.6 Å². The molecule has 24 heavy (non-hydrogen) atoms. The van der Waals surface area contributed by atoms with Gasteiger partial charge >= 0.3 is 0 Å². The molecule has 4 heterocycles. The molecule has 0 bridgehead atoms. The fraction of sp³-hybridized carbons (Fsp3) is 0.824.